The normalized spacial score (nSPS) is 23.0. The molecule has 1 aliphatic rings. The van der Waals surface area contributed by atoms with E-state index in [0.29, 0.717) is 33.8 Å². The Kier molecular flexibility index (Phi) is 7.17. The molecule has 0 aromatic heterocycles. The average molecular weight is 446 g/mol. The number of ketones is 1. The van der Waals surface area contributed by atoms with Crippen LogP contribution in [0.1, 0.15) is 61.9 Å². The molecule has 0 heterocycles. The summed E-state index contributed by atoms with van der Waals surface area (Å²) in [5, 5.41) is 0. The summed E-state index contributed by atoms with van der Waals surface area (Å²) in [5.41, 5.74) is 0.893. The number of Topliss-reactive ketones (excluding diaryl/α,β-unsaturated/α-hetero) is 1. The highest BCUT2D eigenvalue weighted by Crippen LogP contribution is 2.44. The number of hydrogen-bond donors (Lipinski definition) is 0. The Labute approximate surface area is 174 Å². The predicted octanol–water partition coefficient (Wildman–Crippen LogP) is 3.10. The van der Waals surface area contributed by atoms with Crippen molar-refractivity contribution >= 4 is 31.5 Å². The summed E-state index contributed by atoms with van der Waals surface area (Å²) < 4.78 is 54.6. The van der Waals surface area contributed by atoms with Gasteiger partial charge in [0.05, 0.1) is 18.2 Å². The third-order valence-corrected chi connectivity index (χ3v) is 8.82. The Morgan fingerprint density at radius 1 is 1.21 bits per heavy atom. The third-order valence-electron chi connectivity index (χ3n) is 5.57. The summed E-state index contributed by atoms with van der Waals surface area (Å²) in [6.45, 7) is 4.45. The van der Waals surface area contributed by atoms with Crippen LogP contribution in [-0.4, -0.2) is 48.8 Å². The fourth-order valence-corrected chi connectivity index (χ4v) is 7.41. The minimum atomic E-state index is -4.06. The maximum atomic E-state index is 12.6. The lowest BCUT2D eigenvalue weighted by Gasteiger charge is -2.40. The zero-order valence-corrected chi connectivity index (χ0v) is 19.4. The van der Waals surface area contributed by atoms with Crippen molar-refractivity contribution in [2.75, 3.05) is 29.9 Å². The molecule has 1 fully saturated rings. The Morgan fingerprint density at radius 3 is 2.34 bits per heavy atom. The number of methoxy groups -OCH3 is 1. The van der Waals surface area contributed by atoms with Crippen molar-refractivity contribution in [2.24, 2.45) is 5.92 Å². The van der Waals surface area contributed by atoms with Crippen molar-refractivity contribution in [2.45, 2.75) is 51.4 Å². The van der Waals surface area contributed by atoms with Crippen LogP contribution in [0.4, 0.5) is 5.69 Å². The van der Waals surface area contributed by atoms with E-state index in [1.54, 1.807) is 26.2 Å². The molecule has 1 aromatic carbocycles. The molecule has 1 aliphatic carbocycles. The highest BCUT2D eigenvalue weighted by molar-refractivity contribution is 8.09. The van der Waals surface area contributed by atoms with Crippen molar-refractivity contribution in [1.82, 2.24) is 0 Å². The molecule has 1 aromatic rings. The number of benzene rings is 1. The molecule has 0 unspecified atom stereocenters. The second-order valence-electron chi connectivity index (χ2n) is 8.21. The fourth-order valence-electron chi connectivity index (χ4n) is 4.45. The van der Waals surface area contributed by atoms with Crippen LogP contribution in [0.5, 0.6) is 0 Å². The first kappa shape index (κ1) is 23.8. The second-order valence-corrected chi connectivity index (χ2v) is 12.1. The highest BCUT2D eigenvalue weighted by atomic mass is 32.3. The van der Waals surface area contributed by atoms with Crippen molar-refractivity contribution < 1.29 is 26.4 Å². The first-order chi connectivity index (χ1) is 13.3. The average Bonchev–Trinajstić information content (AvgIpc) is 2.59. The minimum Gasteiger partial charge on any atom is -0.384 e. The summed E-state index contributed by atoms with van der Waals surface area (Å²) >= 11 is 0. The van der Waals surface area contributed by atoms with Crippen molar-refractivity contribution in [3.8, 4) is 0 Å². The van der Waals surface area contributed by atoms with Gasteiger partial charge in [-0.05, 0) is 54.4 Å². The van der Waals surface area contributed by atoms with E-state index in [1.807, 2.05) is 0 Å². The number of carbonyl (C=O) groups excluding carboxylic acids is 1. The van der Waals surface area contributed by atoms with Gasteiger partial charge in [-0.25, -0.2) is 16.8 Å². The summed E-state index contributed by atoms with van der Waals surface area (Å²) in [5.74, 6) is 0.278. The third kappa shape index (κ3) is 5.38. The molecule has 29 heavy (non-hydrogen) atoms. The van der Waals surface area contributed by atoms with Gasteiger partial charge in [0.2, 0.25) is 20.0 Å². The molecule has 2 rings (SSSR count). The van der Waals surface area contributed by atoms with Gasteiger partial charge in [0.1, 0.15) is 0 Å². The first-order valence-corrected chi connectivity index (χ1v) is 13.4. The van der Waals surface area contributed by atoms with Crippen LogP contribution in [0.25, 0.3) is 0 Å². The van der Waals surface area contributed by atoms with Gasteiger partial charge in [-0.3, -0.25) is 4.79 Å². The maximum Gasteiger partial charge on any atom is 0.245 e. The number of anilines is 1. The summed E-state index contributed by atoms with van der Waals surface area (Å²) in [6.07, 6.45) is 5.62. The molecule has 1 saturated carbocycles. The lowest BCUT2D eigenvalue weighted by atomic mass is 9.66. The van der Waals surface area contributed by atoms with Gasteiger partial charge < -0.3 is 4.74 Å². The van der Waals surface area contributed by atoms with E-state index in [4.69, 9.17) is 4.74 Å². The lowest BCUT2D eigenvalue weighted by Crippen LogP contribution is -2.36. The molecule has 164 valence electrons. The molecule has 0 spiro atoms. The van der Waals surface area contributed by atoms with E-state index in [2.05, 4.69) is 6.92 Å². The Morgan fingerprint density at radius 2 is 1.83 bits per heavy atom. The van der Waals surface area contributed by atoms with Crippen LogP contribution in [0.15, 0.2) is 18.2 Å². The van der Waals surface area contributed by atoms with E-state index >= 15 is 0 Å². The smallest absolute Gasteiger partial charge is 0.245 e. The lowest BCUT2D eigenvalue weighted by molar-refractivity contribution is 0.0972. The molecule has 9 heteroatoms. The first-order valence-electron chi connectivity index (χ1n) is 9.70. The van der Waals surface area contributed by atoms with Crippen molar-refractivity contribution in [3.63, 3.8) is 0 Å². The van der Waals surface area contributed by atoms with Crippen LogP contribution in [-0.2, 0) is 30.2 Å². The zero-order valence-electron chi connectivity index (χ0n) is 17.8. The van der Waals surface area contributed by atoms with Crippen molar-refractivity contribution in [1.29, 1.82) is 0 Å². The Hall–Kier alpha value is -1.45. The van der Waals surface area contributed by atoms with Crippen LogP contribution in [0, 0.1) is 5.92 Å². The predicted molar refractivity (Wildman–Crippen MR) is 114 cm³/mol. The Balaban J connectivity index is 2.68. The van der Waals surface area contributed by atoms with Gasteiger partial charge in [-0.15, -0.1) is 0 Å². The number of nitrogens with zero attached hydrogens (tertiary/aromatic N) is 1. The van der Waals surface area contributed by atoms with Gasteiger partial charge in [-0.2, -0.15) is 3.71 Å². The molecule has 0 saturated heterocycles. The molecule has 0 bridgehead atoms. The van der Waals surface area contributed by atoms with Gasteiger partial charge in [0, 0.05) is 25.7 Å². The van der Waals surface area contributed by atoms with Crippen LogP contribution in [0.3, 0.4) is 0 Å². The topological polar surface area (TPSA) is 97.8 Å². The number of ether oxygens (including phenoxy) is 1. The number of rotatable bonds is 8. The number of carbonyl (C=O) groups is 1. The summed E-state index contributed by atoms with van der Waals surface area (Å²) in [7, 11) is -6.46. The molecular formula is C20H31NO6S2. The van der Waals surface area contributed by atoms with E-state index in [0.717, 1.165) is 38.2 Å². The maximum absolute atomic E-state index is 12.6. The largest absolute Gasteiger partial charge is 0.384 e. The monoisotopic (exact) mass is 445 g/mol. The van der Waals surface area contributed by atoms with E-state index < -0.39 is 20.0 Å². The van der Waals surface area contributed by atoms with E-state index in [1.165, 1.54) is 6.07 Å². The molecular weight excluding hydrogens is 414 g/mol. The zero-order chi connectivity index (χ0) is 22.0. The van der Waals surface area contributed by atoms with E-state index in [-0.39, 0.29) is 16.9 Å². The molecule has 0 aliphatic heterocycles. The fraction of sp³-hybridized carbons (Fsp3) is 0.650. The van der Waals surface area contributed by atoms with Gasteiger partial charge in [0.15, 0.2) is 5.78 Å². The second kappa shape index (κ2) is 8.73. The summed E-state index contributed by atoms with van der Waals surface area (Å²) in [6, 6.07) is 4.53. The quantitative estimate of drug-likeness (QED) is 0.570. The van der Waals surface area contributed by atoms with Crippen LogP contribution in [0.2, 0.25) is 0 Å². The highest BCUT2D eigenvalue weighted by Gasteiger charge is 2.37. The minimum absolute atomic E-state index is 0.0349. The number of sulfonamides is 2. The molecule has 7 nitrogen and oxygen atoms in total. The molecule has 0 N–H and O–H groups in total. The van der Waals surface area contributed by atoms with Gasteiger partial charge in [-0.1, -0.05) is 20.3 Å². The van der Waals surface area contributed by atoms with E-state index in [9.17, 15) is 21.6 Å². The molecule has 0 amide bonds. The van der Waals surface area contributed by atoms with Gasteiger partial charge >= 0.3 is 0 Å². The van der Waals surface area contributed by atoms with Gasteiger partial charge in [0.25, 0.3) is 0 Å². The number of hydrogen-bond acceptors (Lipinski definition) is 6. The van der Waals surface area contributed by atoms with Crippen LogP contribution < -0.4 is 3.71 Å². The van der Waals surface area contributed by atoms with Crippen molar-refractivity contribution in [3.05, 3.63) is 29.3 Å². The SMILES string of the molecule is CCC(=O)c1ccc(N(S(C)(=O)=O)S(C)(=O)=O)cc1[C@@]1(C)CCC[C@H](COC)C1. The Bertz CT molecular complexity index is 937. The molecule has 0 radical (unpaired) electrons. The van der Waals surface area contributed by atoms with Crippen LogP contribution >= 0.6 is 0 Å². The standard InChI is InChI=1S/C20H31NO6S2/c1-6-19(22)17-10-9-16(21(28(4,23)24)29(5,25)26)12-18(17)20(2)11-7-8-15(13-20)14-27-3/h9-10,12,15H,6-8,11,13-14H2,1-5H3/t15-,20-/m0/s1. The molecule has 2 atom stereocenters. The summed E-state index contributed by atoms with van der Waals surface area (Å²) in [4.78, 5) is 12.6.